The van der Waals surface area contributed by atoms with E-state index in [9.17, 15) is 14.4 Å². The number of amides is 3. The van der Waals surface area contributed by atoms with Gasteiger partial charge >= 0.3 is 0 Å². The molecule has 4 N–H and O–H groups in total. The SMILES string of the molecule is CNC(=O)c1[nH]cnc1C(=O)Nc1ccc(C(=O)NCc2cccc(Cl)c2Cl)cc1. The summed E-state index contributed by atoms with van der Waals surface area (Å²) < 4.78 is 0. The molecule has 0 saturated carbocycles. The summed E-state index contributed by atoms with van der Waals surface area (Å²) in [5, 5.41) is 8.64. The van der Waals surface area contributed by atoms with E-state index in [1.807, 2.05) is 0 Å². The Morgan fingerprint density at radius 2 is 1.73 bits per heavy atom. The van der Waals surface area contributed by atoms with Crippen LogP contribution in [0.2, 0.25) is 10.0 Å². The molecule has 0 fully saturated rings. The number of aromatic amines is 1. The molecule has 2 aromatic carbocycles. The van der Waals surface area contributed by atoms with E-state index < -0.39 is 11.8 Å². The number of imidazole rings is 1. The molecule has 0 spiro atoms. The van der Waals surface area contributed by atoms with Crippen LogP contribution in [0.1, 0.15) is 36.9 Å². The van der Waals surface area contributed by atoms with Gasteiger partial charge in [0.2, 0.25) is 0 Å². The molecule has 10 heteroatoms. The maximum Gasteiger partial charge on any atom is 0.276 e. The van der Waals surface area contributed by atoms with Gasteiger partial charge < -0.3 is 20.9 Å². The third-order valence-corrected chi connectivity index (χ3v) is 5.04. The Balaban J connectivity index is 1.63. The van der Waals surface area contributed by atoms with Gasteiger partial charge in [0.1, 0.15) is 5.69 Å². The molecule has 0 radical (unpaired) electrons. The van der Waals surface area contributed by atoms with Gasteiger partial charge in [-0.3, -0.25) is 14.4 Å². The predicted octanol–water partition coefficient (Wildman–Crippen LogP) is 3.26. The van der Waals surface area contributed by atoms with Gasteiger partial charge in [0.25, 0.3) is 17.7 Å². The van der Waals surface area contributed by atoms with E-state index in [1.165, 1.54) is 13.4 Å². The highest BCUT2D eigenvalue weighted by molar-refractivity contribution is 6.42. The van der Waals surface area contributed by atoms with Crippen LogP contribution in [0.4, 0.5) is 5.69 Å². The quantitative estimate of drug-likeness (QED) is 0.465. The van der Waals surface area contributed by atoms with Crippen LogP contribution >= 0.6 is 23.2 Å². The Morgan fingerprint density at radius 1 is 1.00 bits per heavy atom. The Bertz CT molecular complexity index is 1100. The van der Waals surface area contributed by atoms with Crippen molar-refractivity contribution in [3.05, 3.63) is 81.4 Å². The van der Waals surface area contributed by atoms with Crippen LogP contribution in [0, 0.1) is 0 Å². The molecule has 3 amide bonds. The third-order valence-electron chi connectivity index (χ3n) is 4.18. The van der Waals surface area contributed by atoms with Crippen molar-refractivity contribution < 1.29 is 14.4 Å². The molecular formula is C20H17Cl2N5O3. The molecule has 0 unspecified atom stereocenters. The number of halogens is 2. The van der Waals surface area contributed by atoms with E-state index in [0.29, 0.717) is 26.9 Å². The van der Waals surface area contributed by atoms with Crippen molar-refractivity contribution in [1.82, 2.24) is 20.6 Å². The van der Waals surface area contributed by atoms with Gasteiger partial charge in [-0.1, -0.05) is 35.3 Å². The van der Waals surface area contributed by atoms with Crippen molar-refractivity contribution in [2.75, 3.05) is 12.4 Å². The van der Waals surface area contributed by atoms with Crippen LogP contribution in [0.3, 0.4) is 0 Å². The monoisotopic (exact) mass is 445 g/mol. The second kappa shape index (κ2) is 9.43. The molecule has 1 aromatic heterocycles. The summed E-state index contributed by atoms with van der Waals surface area (Å²) in [6.07, 6.45) is 1.26. The number of rotatable bonds is 6. The van der Waals surface area contributed by atoms with Crippen LogP contribution in [-0.2, 0) is 6.54 Å². The summed E-state index contributed by atoms with van der Waals surface area (Å²) in [5.74, 6) is -1.31. The van der Waals surface area contributed by atoms with E-state index in [2.05, 4.69) is 25.9 Å². The summed E-state index contributed by atoms with van der Waals surface area (Å²) in [6, 6.07) is 11.5. The third kappa shape index (κ3) is 4.79. The standard InChI is InChI=1S/C20H17Cl2N5O3/c1-23-19(29)16-17(26-10-25-16)20(30)27-13-7-5-11(6-8-13)18(28)24-9-12-3-2-4-14(21)15(12)22/h2-8,10H,9H2,1H3,(H,23,29)(H,24,28)(H,25,26)(H,27,30). The minimum absolute atomic E-state index is 0.0328. The van der Waals surface area contributed by atoms with Crippen LogP contribution in [0.25, 0.3) is 0 Å². The first kappa shape index (κ1) is 21.4. The smallest absolute Gasteiger partial charge is 0.276 e. The minimum Gasteiger partial charge on any atom is -0.354 e. The number of benzene rings is 2. The Labute approximate surface area is 182 Å². The topological polar surface area (TPSA) is 116 Å². The van der Waals surface area contributed by atoms with E-state index in [4.69, 9.17) is 23.2 Å². The largest absolute Gasteiger partial charge is 0.354 e. The van der Waals surface area contributed by atoms with Crippen molar-refractivity contribution >= 4 is 46.6 Å². The summed E-state index contributed by atoms with van der Waals surface area (Å²) in [6.45, 7) is 0.220. The number of hydrogen-bond donors (Lipinski definition) is 4. The number of nitrogens with zero attached hydrogens (tertiary/aromatic N) is 1. The fourth-order valence-corrected chi connectivity index (χ4v) is 3.01. The lowest BCUT2D eigenvalue weighted by atomic mass is 10.1. The first-order valence-corrected chi connectivity index (χ1v) is 9.54. The summed E-state index contributed by atoms with van der Waals surface area (Å²) in [5.41, 5.74) is 1.57. The van der Waals surface area contributed by atoms with Crippen molar-refractivity contribution in [3.63, 3.8) is 0 Å². The lowest BCUT2D eigenvalue weighted by Gasteiger charge is -2.09. The van der Waals surface area contributed by atoms with Gasteiger partial charge in [0.05, 0.1) is 16.4 Å². The molecule has 0 atom stereocenters. The fraction of sp³-hybridized carbons (Fsp3) is 0.100. The summed E-state index contributed by atoms with van der Waals surface area (Å²) >= 11 is 12.1. The van der Waals surface area contributed by atoms with Crippen LogP contribution in [0.15, 0.2) is 48.8 Å². The first-order valence-electron chi connectivity index (χ1n) is 8.78. The number of nitrogens with one attached hydrogen (secondary N) is 4. The van der Waals surface area contributed by atoms with Crippen LogP contribution < -0.4 is 16.0 Å². The van der Waals surface area contributed by atoms with Crippen molar-refractivity contribution in [3.8, 4) is 0 Å². The average Bonchev–Trinajstić information content (AvgIpc) is 3.24. The lowest BCUT2D eigenvalue weighted by molar-refractivity contribution is 0.0941. The highest BCUT2D eigenvalue weighted by Gasteiger charge is 2.19. The second-order valence-electron chi connectivity index (χ2n) is 6.13. The molecule has 0 aliphatic heterocycles. The number of carbonyl (C=O) groups is 3. The molecular weight excluding hydrogens is 429 g/mol. The maximum absolute atomic E-state index is 12.4. The molecule has 0 aliphatic rings. The number of aromatic nitrogens is 2. The van der Waals surface area contributed by atoms with Crippen molar-refractivity contribution in [2.24, 2.45) is 0 Å². The summed E-state index contributed by atoms with van der Waals surface area (Å²) in [4.78, 5) is 43.0. The minimum atomic E-state index is -0.553. The van der Waals surface area contributed by atoms with Gasteiger partial charge in [-0.25, -0.2) is 4.98 Å². The zero-order chi connectivity index (χ0) is 21.7. The molecule has 30 heavy (non-hydrogen) atoms. The van der Waals surface area contributed by atoms with Gasteiger partial charge in [0, 0.05) is 24.8 Å². The first-order chi connectivity index (χ1) is 14.4. The fourth-order valence-electron chi connectivity index (χ4n) is 2.62. The van der Waals surface area contributed by atoms with E-state index >= 15 is 0 Å². The number of anilines is 1. The number of hydrogen-bond acceptors (Lipinski definition) is 4. The van der Waals surface area contributed by atoms with E-state index in [-0.39, 0.29) is 23.8 Å². The number of H-pyrrole nitrogens is 1. The molecule has 0 saturated heterocycles. The van der Waals surface area contributed by atoms with Crippen molar-refractivity contribution in [1.29, 1.82) is 0 Å². The average molecular weight is 446 g/mol. The van der Waals surface area contributed by atoms with Crippen LogP contribution in [-0.4, -0.2) is 34.7 Å². The van der Waals surface area contributed by atoms with Gasteiger partial charge in [-0.15, -0.1) is 0 Å². The lowest BCUT2D eigenvalue weighted by Crippen LogP contribution is -2.24. The van der Waals surface area contributed by atoms with Gasteiger partial charge in [-0.05, 0) is 35.9 Å². The molecule has 1 heterocycles. The zero-order valence-corrected chi connectivity index (χ0v) is 17.3. The Hall–Kier alpha value is -3.36. The molecule has 3 aromatic rings. The van der Waals surface area contributed by atoms with Gasteiger partial charge in [0.15, 0.2) is 5.69 Å². The highest BCUT2D eigenvalue weighted by Crippen LogP contribution is 2.25. The van der Waals surface area contributed by atoms with Crippen LogP contribution in [0.5, 0.6) is 0 Å². The van der Waals surface area contributed by atoms with E-state index in [1.54, 1.807) is 42.5 Å². The maximum atomic E-state index is 12.4. The predicted molar refractivity (Wildman–Crippen MR) is 114 cm³/mol. The highest BCUT2D eigenvalue weighted by atomic mass is 35.5. The summed E-state index contributed by atoms with van der Waals surface area (Å²) in [7, 11) is 1.45. The second-order valence-corrected chi connectivity index (χ2v) is 6.92. The molecule has 0 aliphatic carbocycles. The molecule has 8 nitrogen and oxygen atoms in total. The molecule has 3 rings (SSSR count). The normalized spacial score (nSPS) is 10.4. The van der Waals surface area contributed by atoms with Gasteiger partial charge in [-0.2, -0.15) is 0 Å². The zero-order valence-electron chi connectivity index (χ0n) is 15.8. The number of carbonyl (C=O) groups excluding carboxylic acids is 3. The van der Waals surface area contributed by atoms with E-state index in [0.717, 1.165) is 0 Å². The molecule has 0 bridgehead atoms. The molecule has 154 valence electrons. The Kier molecular flexibility index (Phi) is 6.71. The Morgan fingerprint density at radius 3 is 2.43 bits per heavy atom. The van der Waals surface area contributed by atoms with Crippen molar-refractivity contribution in [2.45, 2.75) is 6.54 Å².